The van der Waals surface area contributed by atoms with Crippen molar-refractivity contribution < 1.29 is 23.8 Å². The molecule has 0 unspecified atom stereocenters. The number of rotatable bonds is 6. The SMILES string of the molecule is CCOC(=O)c1ccc2nc(NC(=O)c3c(OC)cccc3OC)sc2c1. The number of hydrogen-bond donors (Lipinski definition) is 1. The molecular weight excluding hydrogens is 368 g/mol. The number of fused-ring (bicyclic) bond motifs is 1. The monoisotopic (exact) mass is 386 g/mol. The first-order valence-electron chi connectivity index (χ1n) is 8.17. The standard InChI is InChI=1S/C19H18N2O5S/c1-4-26-18(23)11-8-9-12-15(10-11)27-19(20-12)21-17(22)16-13(24-2)6-5-7-14(16)25-3/h5-10H,4H2,1-3H3,(H,20,21,22). The fourth-order valence-corrected chi connectivity index (χ4v) is 3.45. The van der Waals surface area contributed by atoms with Gasteiger partial charge in [-0.2, -0.15) is 0 Å². The number of thiazole rings is 1. The summed E-state index contributed by atoms with van der Waals surface area (Å²) in [5.74, 6) is 0.0150. The van der Waals surface area contributed by atoms with Crippen molar-refractivity contribution in [3.63, 3.8) is 0 Å². The minimum Gasteiger partial charge on any atom is -0.496 e. The normalized spacial score (nSPS) is 10.5. The van der Waals surface area contributed by atoms with Crippen LogP contribution >= 0.6 is 11.3 Å². The highest BCUT2D eigenvalue weighted by atomic mass is 32.1. The van der Waals surface area contributed by atoms with Crippen molar-refractivity contribution in [3.8, 4) is 11.5 Å². The van der Waals surface area contributed by atoms with Crippen LogP contribution in [0.5, 0.6) is 11.5 Å². The van der Waals surface area contributed by atoms with Crippen LogP contribution in [0.15, 0.2) is 36.4 Å². The molecule has 0 aliphatic rings. The second kappa shape index (κ2) is 8.05. The summed E-state index contributed by atoms with van der Waals surface area (Å²) in [5.41, 5.74) is 1.40. The Labute approximate surface area is 159 Å². The maximum Gasteiger partial charge on any atom is 0.338 e. The first kappa shape index (κ1) is 18.7. The molecule has 3 aromatic rings. The van der Waals surface area contributed by atoms with E-state index in [9.17, 15) is 9.59 Å². The van der Waals surface area contributed by atoms with Gasteiger partial charge in [0, 0.05) is 0 Å². The molecule has 27 heavy (non-hydrogen) atoms. The molecule has 0 saturated heterocycles. The topological polar surface area (TPSA) is 86.8 Å². The summed E-state index contributed by atoms with van der Waals surface area (Å²) in [4.78, 5) is 29.0. The van der Waals surface area contributed by atoms with E-state index in [-0.39, 0.29) is 5.56 Å². The van der Waals surface area contributed by atoms with Gasteiger partial charge in [0.15, 0.2) is 5.13 Å². The van der Waals surface area contributed by atoms with Crippen LogP contribution in [0.1, 0.15) is 27.6 Å². The number of carbonyl (C=O) groups excluding carboxylic acids is 2. The third kappa shape index (κ3) is 3.85. The number of nitrogens with zero attached hydrogens (tertiary/aromatic N) is 1. The van der Waals surface area contributed by atoms with Crippen molar-refractivity contribution in [2.45, 2.75) is 6.92 Å². The van der Waals surface area contributed by atoms with Gasteiger partial charge in [-0.3, -0.25) is 10.1 Å². The van der Waals surface area contributed by atoms with Gasteiger partial charge < -0.3 is 14.2 Å². The Kier molecular flexibility index (Phi) is 5.56. The Bertz CT molecular complexity index is 977. The Morgan fingerprint density at radius 3 is 2.44 bits per heavy atom. The quantitative estimate of drug-likeness (QED) is 0.650. The maximum absolute atomic E-state index is 12.7. The van der Waals surface area contributed by atoms with Crippen LogP contribution < -0.4 is 14.8 Å². The number of hydrogen-bond acceptors (Lipinski definition) is 7. The van der Waals surface area contributed by atoms with Gasteiger partial charge in [0.25, 0.3) is 5.91 Å². The van der Waals surface area contributed by atoms with Gasteiger partial charge in [0.05, 0.1) is 36.6 Å². The lowest BCUT2D eigenvalue weighted by Gasteiger charge is -2.11. The maximum atomic E-state index is 12.7. The molecule has 0 saturated carbocycles. The highest BCUT2D eigenvalue weighted by Crippen LogP contribution is 2.31. The zero-order valence-corrected chi connectivity index (χ0v) is 15.9. The molecule has 0 spiro atoms. The molecule has 0 radical (unpaired) electrons. The van der Waals surface area contributed by atoms with Gasteiger partial charge in [-0.05, 0) is 37.3 Å². The van der Waals surface area contributed by atoms with Crippen LogP contribution in [-0.2, 0) is 4.74 Å². The van der Waals surface area contributed by atoms with Gasteiger partial charge in [-0.1, -0.05) is 17.4 Å². The Morgan fingerprint density at radius 1 is 1.11 bits per heavy atom. The number of esters is 1. The van der Waals surface area contributed by atoms with E-state index in [0.29, 0.717) is 34.3 Å². The Hall–Kier alpha value is -3.13. The lowest BCUT2D eigenvalue weighted by molar-refractivity contribution is 0.0526. The first-order chi connectivity index (χ1) is 13.1. The molecule has 3 rings (SSSR count). The van der Waals surface area contributed by atoms with Gasteiger partial charge in [-0.15, -0.1) is 0 Å². The summed E-state index contributed by atoms with van der Waals surface area (Å²) in [5, 5.41) is 3.17. The molecule has 1 aromatic heterocycles. The fraction of sp³-hybridized carbons (Fsp3) is 0.211. The van der Waals surface area contributed by atoms with Crippen LogP contribution in [-0.4, -0.2) is 37.7 Å². The molecule has 0 atom stereocenters. The number of ether oxygens (including phenoxy) is 3. The zero-order valence-electron chi connectivity index (χ0n) is 15.1. The molecule has 8 heteroatoms. The third-order valence-electron chi connectivity index (χ3n) is 3.77. The van der Waals surface area contributed by atoms with Gasteiger partial charge in [0.2, 0.25) is 0 Å². The molecule has 0 bridgehead atoms. The molecule has 1 N–H and O–H groups in total. The number of nitrogens with one attached hydrogen (secondary N) is 1. The van der Waals surface area contributed by atoms with Crippen molar-refractivity contribution in [1.29, 1.82) is 0 Å². The summed E-state index contributed by atoms with van der Waals surface area (Å²) in [6, 6.07) is 10.2. The third-order valence-corrected chi connectivity index (χ3v) is 4.71. The van der Waals surface area contributed by atoms with Crippen LogP contribution in [0.3, 0.4) is 0 Å². The molecular formula is C19H18N2O5S. The van der Waals surface area contributed by atoms with E-state index in [2.05, 4.69) is 10.3 Å². The molecule has 2 aromatic carbocycles. The minimum atomic E-state index is -0.394. The molecule has 7 nitrogen and oxygen atoms in total. The number of carbonyl (C=O) groups is 2. The van der Waals surface area contributed by atoms with Crippen LogP contribution in [0.2, 0.25) is 0 Å². The largest absolute Gasteiger partial charge is 0.496 e. The van der Waals surface area contributed by atoms with E-state index in [0.717, 1.165) is 4.70 Å². The average Bonchev–Trinajstić information content (AvgIpc) is 3.08. The number of anilines is 1. The second-order valence-electron chi connectivity index (χ2n) is 5.41. The lowest BCUT2D eigenvalue weighted by atomic mass is 10.1. The van der Waals surface area contributed by atoms with E-state index in [1.54, 1.807) is 43.3 Å². The summed E-state index contributed by atoms with van der Waals surface area (Å²) >= 11 is 1.26. The zero-order chi connectivity index (χ0) is 19.4. The van der Waals surface area contributed by atoms with E-state index in [1.807, 2.05) is 0 Å². The van der Waals surface area contributed by atoms with Crippen molar-refractivity contribution in [3.05, 3.63) is 47.5 Å². The summed E-state index contributed by atoms with van der Waals surface area (Å²) in [7, 11) is 2.97. The average molecular weight is 386 g/mol. The fourth-order valence-electron chi connectivity index (χ4n) is 2.55. The predicted octanol–water partition coefficient (Wildman–Crippen LogP) is 3.74. The molecule has 1 amide bonds. The van der Waals surface area contributed by atoms with E-state index >= 15 is 0 Å². The van der Waals surface area contributed by atoms with Gasteiger partial charge >= 0.3 is 5.97 Å². The highest BCUT2D eigenvalue weighted by Gasteiger charge is 2.20. The van der Waals surface area contributed by atoms with Crippen LogP contribution in [0.4, 0.5) is 5.13 Å². The van der Waals surface area contributed by atoms with Crippen LogP contribution in [0.25, 0.3) is 10.2 Å². The van der Waals surface area contributed by atoms with E-state index in [1.165, 1.54) is 25.6 Å². The molecule has 0 aliphatic heterocycles. The molecule has 0 aliphatic carbocycles. The number of benzene rings is 2. The van der Waals surface area contributed by atoms with Gasteiger partial charge in [0.1, 0.15) is 17.1 Å². The summed E-state index contributed by atoms with van der Waals surface area (Å²) in [6.45, 7) is 2.06. The first-order valence-corrected chi connectivity index (χ1v) is 8.99. The second-order valence-corrected chi connectivity index (χ2v) is 6.44. The van der Waals surface area contributed by atoms with Crippen LogP contribution in [0, 0.1) is 0 Å². The summed E-state index contributed by atoms with van der Waals surface area (Å²) in [6.07, 6.45) is 0. The molecule has 140 valence electrons. The van der Waals surface area contributed by atoms with E-state index in [4.69, 9.17) is 14.2 Å². The van der Waals surface area contributed by atoms with Gasteiger partial charge in [-0.25, -0.2) is 9.78 Å². The van der Waals surface area contributed by atoms with Crippen molar-refractivity contribution >= 4 is 38.6 Å². The highest BCUT2D eigenvalue weighted by molar-refractivity contribution is 7.22. The lowest BCUT2D eigenvalue weighted by Crippen LogP contribution is -2.14. The van der Waals surface area contributed by atoms with Crippen molar-refractivity contribution in [1.82, 2.24) is 4.98 Å². The predicted molar refractivity (Wildman–Crippen MR) is 103 cm³/mol. The smallest absolute Gasteiger partial charge is 0.338 e. The Morgan fingerprint density at radius 2 is 1.81 bits per heavy atom. The molecule has 1 heterocycles. The molecule has 0 fully saturated rings. The number of methoxy groups -OCH3 is 2. The van der Waals surface area contributed by atoms with Crippen molar-refractivity contribution in [2.24, 2.45) is 0 Å². The van der Waals surface area contributed by atoms with E-state index < -0.39 is 11.9 Å². The summed E-state index contributed by atoms with van der Waals surface area (Å²) < 4.78 is 16.3. The Balaban J connectivity index is 1.89. The number of aromatic nitrogens is 1. The number of amides is 1. The minimum absolute atomic E-state index is 0.286. The van der Waals surface area contributed by atoms with Crippen molar-refractivity contribution in [2.75, 3.05) is 26.1 Å².